The average molecular weight is 389 g/mol. The lowest BCUT2D eigenvalue weighted by atomic mass is 10.0. The van der Waals surface area contributed by atoms with E-state index in [0.29, 0.717) is 12.6 Å². The molecule has 0 atom stereocenters. The van der Waals surface area contributed by atoms with E-state index in [-0.39, 0.29) is 0 Å². The van der Waals surface area contributed by atoms with Gasteiger partial charge < -0.3 is 25.0 Å². The Morgan fingerprint density at radius 2 is 2.04 bits per heavy atom. The number of ether oxygens (including phenoxy) is 2. The third kappa shape index (κ3) is 6.16. The van der Waals surface area contributed by atoms with Crippen molar-refractivity contribution in [2.45, 2.75) is 45.2 Å². The molecule has 0 unspecified atom stereocenters. The highest BCUT2D eigenvalue weighted by Crippen LogP contribution is 2.33. The average Bonchev–Trinajstić information content (AvgIpc) is 2.72. The first-order valence-electron chi connectivity index (χ1n) is 10.2. The number of guanidine groups is 1. The molecule has 0 bridgehead atoms. The van der Waals surface area contributed by atoms with Gasteiger partial charge >= 0.3 is 0 Å². The summed E-state index contributed by atoms with van der Waals surface area (Å²) in [6.07, 6.45) is 6.14. The third-order valence-electron chi connectivity index (χ3n) is 5.13. The monoisotopic (exact) mass is 388 g/mol. The van der Waals surface area contributed by atoms with E-state index >= 15 is 0 Å². The molecule has 2 rings (SSSR count). The number of benzene rings is 1. The van der Waals surface area contributed by atoms with Gasteiger partial charge in [-0.25, -0.2) is 0 Å². The molecule has 6 nitrogen and oxygen atoms in total. The molecule has 1 saturated heterocycles. The molecular formula is C22H36N4O2. The number of methoxy groups -OCH3 is 2. The van der Waals surface area contributed by atoms with Crippen molar-refractivity contribution < 1.29 is 9.47 Å². The van der Waals surface area contributed by atoms with Crippen LogP contribution in [-0.4, -0.2) is 57.8 Å². The van der Waals surface area contributed by atoms with Crippen molar-refractivity contribution >= 4 is 5.96 Å². The zero-order chi connectivity index (χ0) is 20.4. The minimum Gasteiger partial charge on any atom is -0.493 e. The lowest BCUT2D eigenvalue weighted by Gasteiger charge is -2.32. The van der Waals surface area contributed by atoms with Crippen LogP contribution in [-0.2, 0) is 13.0 Å². The van der Waals surface area contributed by atoms with E-state index in [1.54, 1.807) is 14.2 Å². The second kappa shape index (κ2) is 11.6. The molecule has 1 fully saturated rings. The fourth-order valence-electron chi connectivity index (χ4n) is 3.71. The fourth-order valence-corrected chi connectivity index (χ4v) is 3.71. The first kappa shape index (κ1) is 22.1. The topological polar surface area (TPSA) is 58.1 Å². The van der Waals surface area contributed by atoms with Crippen molar-refractivity contribution in [1.82, 2.24) is 15.5 Å². The smallest absolute Gasteiger partial charge is 0.191 e. The van der Waals surface area contributed by atoms with Gasteiger partial charge in [-0.15, -0.1) is 6.58 Å². The van der Waals surface area contributed by atoms with Gasteiger partial charge in [0.1, 0.15) is 0 Å². The molecule has 1 aliphatic rings. The van der Waals surface area contributed by atoms with Gasteiger partial charge in [0.2, 0.25) is 0 Å². The molecule has 2 N–H and O–H groups in total. The van der Waals surface area contributed by atoms with Crippen LogP contribution in [0.3, 0.4) is 0 Å². The van der Waals surface area contributed by atoms with Gasteiger partial charge in [-0.2, -0.15) is 0 Å². The van der Waals surface area contributed by atoms with E-state index in [1.807, 2.05) is 19.2 Å². The first-order chi connectivity index (χ1) is 13.6. The van der Waals surface area contributed by atoms with Gasteiger partial charge in [0.15, 0.2) is 17.5 Å². The van der Waals surface area contributed by atoms with Crippen molar-refractivity contribution in [3.8, 4) is 11.5 Å². The largest absolute Gasteiger partial charge is 0.493 e. The van der Waals surface area contributed by atoms with E-state index in [9.17, 15) is 0 Å². The Balaban J connectivity index is 1.96. The molecule has 0 aliphatic carbocycles. The summed E-state index contributed by atoms with van der Waals surface area (Å²) in [5.74, 6) is 2.35. The van der Waals surface area contributed by atoms with Gasteiger partial charge in [0.05, 0.1) is 14.2 Å². The van der Waals surface area contributed by atoms with Crippen LogP contribution in [0.1, 0.15) is 37.3 Å². The Morgan fingerprint density at radius 3 is 2.61 bits per heavy atom. The van der Waals surface area contributed by atoms with Crippen molar-refractivity contribution in [1.29, 1.82) is 0 Å². The van der Waals surface area contributed by atoms with Gasteiger partial charge in [-0.05, 0) is 49.9 Å². The summed E-state index contributed by atoms with van der Waals surface area (Å²) in [6.45, 7) is 10.3. The van der Waals surface area contributed by atoms with Crippen molar-refractivity contribution in [3.05, 3.63) is 35.9 Å². The highest BCUT2D eigenvalue weighted by molar-refractivity contribution is 5.80. The summed E-state index contributed by atoms with van der Waals surface area (Å²) < 4.78 is 11.0. The first-order valence-corrected chi connectivity index (χ1v) is 10.2. The molecule has 0 spiro atoms. The van der Waals surface area contributed by atoms with E-state index in [4.69, 9.17) is 9.47 Å². The number of rotatable bonds is 9. The Kier molecular flexibility index (Phi) is 9.14. The SMILES string of the molecule is C=CCc1cc(CNC(=NC)NC2CCN(CCC)CC2)cc(OC)c1OC. The van der Waals surface area contributed by atoms with Crippen molar-refractivity contribution in [2.24, 2.45) is 4.99 Å². The van der Waals surface area contributed by atoms with E-state index in [1.165, 1.54) is 13.0 Å². The molecule has 0 aromatic heterocycles. The van der Waals surface area contributed by atoms with Crippen LogP contribution in [0.2, 0.25) is 0 Å². The Labute approximate surface area is 170 Å². The zero-order valence-electron chi connectivity index (χ0n) is 17.9. The predicted molar refractivity (Wildman–Crippen MR) is 117 cm³/mol. The molecule has 1 aromatic carbocycles. The molecule has 1 heterocycles. The van der Waals surface area contributed by atoms with Gasteiger partial charge in [-0.3, -0.25) is 4.99 Å². The third-order valence-corrected chi connectivity index (χ3v) is 5.13. The predicted octanol–water partition coefficient (Wildman–Crippen LogP) is 2.97. The maximum Gasteiger partial charge on any atom is 0.191 e. The molecule has 6 heteroatoms. The highest BCUT2D eigenvalue weighted by Gasteiger charge is 2.19. The lowest BCUT2D eigenvalue weighted by molar-refractivity contribution is 0.206. The van der Waals surface area contributed by atoms with Crippen LogP contribution in [0.25, 0.3) is 0 Å². The Morgan fingerprint density at radius 1 is 1.29 bits per heavy atom. The number of piperidine rings is 1. The molecule has 0 amide bonds. The summed E-state index contributed by atoms with van der Waals surface area (Å²) in [6, 6.07) is 4.61. The van der Waals surface area contributed by atoms with Crippen LogP contribution in [0.4, 0.5) is 0 Å². The van der Waals surface area contributed by atoms with Crippen molar-refractivity contribution in [3.63, 3.8) is 0 Å². The maximum atomic E-state index is 5.51. The molecule has 1 aliphatic heterocycles. The summed E-state index contributed by atoms with van der Waals surface area (Å²) in [5.41, 5.74) is 2.19. The summed E-state index contributed by atoms with van der Waals surface area (Å²) in [5, 5.41) is 7.00. The normalized spacial score (nSPS) is 15.9. The summed E-state index contributed by atoms with van der Waals surface area (Å²) in [4.78, 5) is 6.94. The molecule has 0 saturated carbocycles. The number of likely N-dealkylation sites (tertiary alicyclic amines) is 1. The number of hydrogen-bond donors (Lipinski definition) is 2. The second-order valence-electron chi connectivity index (χ2n) is 7.17. The minimum absolute atomic E-state index is 0.473. The fraction of sp³-hybridized carbons (Fsp3) is 0.591. The van der Waals surface area contributed by atoms with Crippen LogP contribution in [0.15, 0.2) is 29.8 Å². The highest BCUT2D eigenvalue weighted by atomic mass is 16.5. The maximum absolute atomic E-state index is 5.51. The molecule has 156 valence electrons. The number of hydrogen-bond acceptors (Lipinski definition) is 4. The number of nitrogens with one attached hydrogen (secondary N) is 2. The lowest BCUT2D eigenvalue weighted by Crippen LogP contribution is -2.48. The van der Waals surface area contributed by atoms with Gasteiger partial charge in [0, 0.05) is 38.3 Å². The van der Waals surface area contributed by atoms with Crippen LogP contribution in [0.5, 0.6) is 11.5 Å². The Hall–Kier alpha value is -2.21. The molecule has 28 heavy (non-hydrogen) atoms. The minimum atomic E-state index is 0.473. The van der Waals surface area contributed by atoms with E-state index in [2.05, 4.69) is 40.1 Å². The molecule has 1 aromatic rings. The standard InChI is InChI=1S/C22H36N4O2/c1-6-8-18-14-17(15-20(27-4)21(18)28-5)16-24-22(23-3)25-19-9-12-26(11-7-2)13-10-19/h6,14-15,19H,1,7-13,16H2,2-5H3,(H2,23,24,25). The number of nitrogens with zero attached hydrogens (tertiary/aromatic N) is 2. The summed E-state index contributed by atoms with van der Waals surface area (Å²) in [7, 11) is 5.15. The van der Waals surface area contributed by atoms with Gasteiger partial charge in [0.25, 0.3) is 0 Å². The molecule has 0 radical (unpaired) electrons. The number of allylic oxidation sites excluding steroid dienone is 1. The van der Waals surface area contributed by atoms with Crippen LogP contribution >= 0.6 is 0 Å². The van der Waals surface area contributed by atoms with Crippen LogP contribution < -0.4 is 20.1 Å². The van der Waals surface area contributed by atoms with E-state index < -0.39 is 0 Å². The van der Waals surface area contributed by atoms with Gasteiger partial charge in [-0.1, -0.05) is 13.0 Å². The van der Waals surface area contributed by atoms with E-state index in [0.717, 1.165) is 60.9 Å². The molecular weight excluding hydrogens is 352 g/mol. The Bertz CT molecular complexity index is 652. The summed E-state index contributed by atoms with van der Waals surface area (Å²) >= 11 is 0. The zero-order valence-corrected chi connectivity index (χ0v) is 17.9. The van der Waals surface area contributed by atoms with Crippen LogP contribution in [0, 0.1) is 0 Å². The number of aliphatic imine (C=N–C) groups is 1. The van der Waals surface area contributed by atoms with Crippen molar-refractivity contribution in [2.75, 3.05) is 40.9 Å². The second-order valence-corrected chi connectivity index (χ2v) is 7.17. The quantitative estimate of drug-likeness (QED) is 0.387.